The average molecular weight is 457 g/mol. The highest BCUT2D eigenvalue weighted by Crippen LogP contribution is 2.38. The number of hydrogen-bond donors (Lipinski definition) is 2. The van der Waals surface area contributed by atoms with Gasteiger partial charge in [0.25, 0.3) is 0 Å². The quantitative estimate of drug-likeness (QED) is 0.364. The Morgan fingerprint density at radius 3 is 2.76 bits per heavy atom. The minimum atomic E-state index is -0.295. The maximum Gasteiger partial charge on any atom is 0.247 e. The summed E-state index contributed by atoms with van der Waals surface area (Å²) in [6, 6.07) is 13.8. The van der Waals surface area contributed by atoms with Crippen LogP contribution in [0.2, 0.25) is 0 Å². The van der Waals surface area contributed by atoms with Crippen LogP contribution in [0.5, 0.6) is 5.75 Å². The van der Waals surface area contributed by atoms with Gasteiger partial charge in [-0.1, -0.05) is 24.8 Å². The van der Waals surface area contributed by atoms with E-state index in [9.17, 15) is 4.79 Å². The summed E-state index contributed by atoms with van der Waals surface area (Å²) in [7, 11) is 5.57. The van der Waals surface area contributed by atoms with Crippen molar-refractivity contribution in [1.29, 1.82) is 0 Å². The minimum absolute atomic E-state index is 0.295. The van der Waals surface area contributed by atoms with E-state index in [0.29, 0.717) is 23.1 Å². The number of benzene rings is 2. The van der Waals surface area contributed by atoms with Gasteiger partial charge in [-0.15, -0.1) is 0 Å². The highest BCUT2D eigenvalue weighted by molar-refractivity contribution is 6.02. The molecule has 8 nitrogen and oxygen atoms in total. The van der Waals surface area contributed by atoms with Crippen LogP contribution in [0.15, 0.2) is 67.5 Å². The summed E-state index contributed by atoms with van der Waals surface area (Å²) in [4.78, 5) is 23.2. The zero-order chi connectivity index (χ0) is 24.2. The van der Waals surface area contributed by atoms with Gasteiger partial charge in [0.2, 0.25) is 11.9 Å². The predicted molar refractivity (Wildman–Crippen MR) is 138 cm³/mol. The van der Waals surface area contributed by atoms with E-state index in [-0.39, 0.29) is 5.91 Å². The highest BCUT2D eigenvalue weighted by atomic mass is 16.5. The molecule has 0 radical (unpaired) electrons. The molecule has 2 aromatic heterocycles. The van der Waals surface area contributed by atoms with E-state index >= 15 is 0 Å². The molecule has 2 N–H and O–H groups in total. The Kier molecular flexibility index (Phi) is 6.49. The number of carbonyl (C=O) groups is 1. The van der Waals surface area contributed by atoms with Crippen LogP contribution < -0.4 is 20.3 Å². The van der Waals surface area contributed by atoms with Crippen molar-refractivity contribution in [2.45, 2.75) is 6.92 Å². The second-order valence-electron chi connectivity index (χ2n) is 7.84. The Morgan fingerprint density at radius 2 is 2.03 bits per heavy atom. The van der Waals surface area contributed by atoms with E-state index < -0.39 is 0 Å². The van der Waals surface area contributed by atoms with Crippen molar-refractivity contribution in [2.24, 2.45) is 7.05 Å². The number of nitrogens with zero attached hydrogens (tertiary/aromatic N) is 4. The SMILES string of the molecule is C=CC(=O)Nc1cc(Nc2nccc(-c3cn(C)c4ccccc34)n2)c(OC)cc1N(C)CC. The van der Waals surface area contributed by atoms with Crippen molar-refractivity contribution in [3.63, 3.8) is 0 Å². The van der Waals surface area contributed by atoms with Crippen LogP contribution in [0.4, 0.5) is 23.0 Å². The van der Waals surface area contributed by atoms with Gasteiger partial charge in [-0.25, -0.2) is 9.97 Å². The molecular weight excluding hydrogens is 428 g/mol. The lowest BCUT2D eigenvalue weighted by Crippen LogP contribution is -2.19. The Morgan fingerprint density at radius 1 is 1.24 bits per heavy atom. The van der Waals surface area contributed by atoms with E-state index in [4.69, 9.17) is 9.72 Å². The van der Waals surface area contributed by atoms with Crippen LogP contribution >= 0.6 is 0 Å². The van der Waals surface area contributed by atoms with Gasteiger partial charge in [0.1, 0.15) is 5.75 Å². The smallest absolute Gasteiger partial charge is 0.247 e. The number of amides is 1. The second kappa shape index (κ2) is 9.66. The van der Waals surface area contributed by atoms with Crippen LogP contribution in [0.3, 0.4) is 0 Å². The van der Waals surface area contributed by atoms with Crippen molar-refractivity contribution in [3.8, 4) is 17.0 Å². The molecule has 8 heteroatoms. The molecular formula is C26H28N6O2. The van der Waals surface area contributed by atoms with E-state index in [1.54, 1.807) is 13.3 Å². The minimum Gasteiger partial charge on any atom is -0.494 e. The number of ether oxygens (including phenoxy) is 1. The summed E-state index contributed by atoms with van der Waals surface area (Å²) >= 11 is 0. The Labute approximate surface area is 198 Å². The lowest BCUT2D eigenvalue weighted by atomic mass is 10.1. The van der Waals surface area contributed by atoms with E-state index in [1.165, 1.54) is 6.08 Å². The molecule has 4 aromatic rings. The molecule has 4 rings (SSSR count). The van der Waals surface area contributed by atoms with Gasteiger partial charge in [0.15, 0.2) is 0 Å². The summed E-state index contributed by atoms with van der Waals surface area (Å²) in [6.07, 6.45) is 5.03. The van der Waals surface area contributed by atoms with E-state index in [1.807, 2.05) is 56.3 Å². The van der Waals surface area contributed by atoms with Gasteiger partial charge >= 0.3 is 0 Å². The number of carbonyl (C=O) groups excluding carboxylic acids is 1. The first kappa shape index (κ1) is 22.8. The van der Waals surface area contributed by atoms with Crippen LogP contribution in [-0.2, 0) is 11.8 Å². The third kappa shape index (κ3) is 4.43. The number of hydrogen-bond acceptors (Lipinski definition) is 6. The standard InChI is InChI=1S/C26H28N6O2/c1-6-25(33)28-20-14-21(24(34-5)15-23(20)31(3)7-2)30-26-27-13-12-19(29-26)18-16-32(4)22-11-9-8-10-17(18)22/h6,8-16H,1,7H2,2-5H3,(H,28,33)(H,27,29,30). The number of aryl methyl sites for hydroxylation is 1. The van der Waals surface area contributed by atoms with Crippen LogP contribution in [-0.4, -0.2) is 41.1 Å². The van der Waals surface area contributed by atoms with Crippen molar-refractivity contribution < 1.29 is 9.53 Å². The number of methoxy groups -OCH3 is 1. The van der Waals surface area contributed by atoms with Gasteiger partial charge in [-0.2, -0.15) is 0 Å². The molecule has 0 saturated carbocycles. The first-order valence-corrected chi connectivity index (χ1v) is 11.0. The van der Waals surface area contributed by atoms with Gasteiger partial charge in [-0.05, 0) is 31.2 Å². The van der Waals surface area contributed by atoms with Crippen molar-refractivity contribution in [3.05, 3.63) is 67.5 Å². The maximum atomic E-state index is 12.1. The van der Waals surface area contributed by atoms with Gasteiger partial charge in [-0.3, -0.25) is 4.79 Å². The molecule has 0 fully saturated rings. The first-order valence-electron chi connectivity index (χ1n) is 11.0. The van der Waals surface area contributed by atoms with E-state index in [2.05, 4.69) is 45.1 Å². The first-order chi connectivity index (χ1) is 16.4. The second-order valence-corrected chi connectivity index (χ2v) is 7.84. The maximum absolute atomic E-state index is 12.1. The number of fused-ring (bicyclic) bond motifs is 1. The van der Waals surface area contributed by atoms with Crippen LogP contribution in [0, 0.1) is 0 Å². The summed E-state index contributed by atoms with van der Waals surface area (Å²) < 4.78 is 7.72. The van der Waals surface area contributed by atoms with Gasteiger partial charge in [0.05, 0.1) is 29.9 Å². The molecule has 0 spiro atoms. The molecule has 0 bridgehead atoms. The molecule has 34 heavy (non-hydrogen) atoms. The topological polar surface area (TPSA) is 84.3 Å². The molecule has 0 aliphatic rings. The van der Waals surface area contributed by atoms with Gasteiger partial charge < -0.3 is 24.8 Å². The zero-order valence-corrected chi connectivity index (χ0v) is 19.8. The normalized spacial score (nSPS) is 10.7. The molecule has 174 valence electrons. The largest absolute Gasteiger partial charge is 0.494 e. The summed E-state index contributed by atoms with van der Waals surface area (Å²) in [5.41, 5.74) is 5.04. The number of rotatable bonds is 8. The zero-order valence-electron chi connectivity index (χ0n) is 19.8. The molecule has 0 aliphatic carbocycles. The predicted octanol–water partition coefficient (Wildman–Crippen LogP) is 4.97. The number of anilines is 4. The lowest BCUT2D eigenvalue weighted by Gasteiger charge is -2.23. The van der Waals surface area contributed by atoms with Crippen molar-refractivity contribution in [2.75, 3.05) is 36.2 Å². The third-order valence-electron chi connectivity index (χ3n) is 5.72. The number of aromatic nitrogens is 3. The number of para-hydroxylation sites is 1. The molecule has 0 aliphatic heterocycles. The molecule has 2 heterocycles. The fraction of sp³-hybridized carbons (Fsp3) is 0.192. The summed E-state index contributed by atoms with van der Waals surface area (Å²) in [5, 5.41) is 7.25. The summed E-state index contributed by atoms with van der Waals surface area (Å²) in [5.74, 6) is 0.725. The fourth-order valence-corrected chi connectivity index (χ4v) is 3.84. The van der Waals surface area contributed by atoms with Crippen LogP contribution in [0.1, 0.15) is 6.92 Å². The molecule has 0 atom stereocenters. The Hall–Kier alpha value is -4.33. The van der Waals surface area contributed by atoms with Crippen molar-refractivity contribution >= 4 is 39.8 Å². The van der Waals surface area contributed by atoms with Crippen molar-refractivity contribution in [1.82, 2.24) is 14.5 Å². The lowest BCUT2D eigenvalue weighted by molar-refractivity contribution is -0.111. The monoisotopic (exact) mass is 456 g/mol. The third-order valence-corrected chi connectivity index (χ3v) is 5.72. The average Bonchev–Trinajstić information content (AvgIpc) is 3.20. The molecule has 1 amide bonds. The Bertz CT molecular complexity index is 1360. The highest BCUT2D eigenvalue weighted by Gasteiger charge is 2.16. The van der Waals surface area contributed by atoms with Crippen LogP contribution in [0.25, 0.3) is 22.2 Å². The van der Waals surface area contributed by atoms with Gasteiger partial charge in [0, 0.05) is 55.6 Å². The molecule has 0 saturated heterocycles. The number of nitrogens with one attached hydrogen (secondary N) is 2. The molecule has 2 aromatic carbocycles. The van der Waals surface area contributed by atoms with E-state index in [0.717, 1.165) is 34.4 Å². The Balaban J connectivity index is 1.74. The fourth-order valence-electron chi connectivity index (χ4n) is 3.84. The summed E-state index contributed by atoms with van der Waals surface area (Å²) in [6.45, 7) is 6.33. The molecule has 0 unspecified atom stereocenters.